The molecule has 0 atom stereocenters. The van der Waals surface area contributed by atoms with Gasteiger partial charge in [-0.15, -0.1) is 11.3 Å². The van der Waals surface area contributed by atoms with Crippen molar-refractivity contribution in [2.45, 2.75) is 13.8 Å². The molecule has 1 aromatic carbocycles. The van der Waals surface area contributed by atoms with Gasteiger partial charge in [0.1, 0.15) is 4.83 Å². The smallest absolute Gasteiger partial charge is 0.268 e. The normalized spacial score (nSPS) is 11.0. The van der Waals surface area contributed by atoms with Crippen LogP contribution < -0.4 is 4.90 Å². The lowest BCUT2D eigenvalue weighted by molar-refractivity contribution is 0.0996. The van der Waals surface area contributed by atoms with E-state index in [0.717, 1.165) is 27.2 Å². The number of rotatable bonds is 3. The van der Waals surface area contributed by atoms with Crippen LogP contribution in [0.2, 0.25) is 0 Å². The summed E-state index contributed by atoms with van der Waals surface area (Å²) in [4.78, 5) is 25.3. The van der Waals surface area contributed by atoms with Crippen LogP contribution >= 0.6 is 11.3 Å². The summed E-state index contributed by atoms with van der Waals surface area (Å²) in [6.07, 6.45) is 1.60. The van der Waals surface area contributed by atoms with Crippen molar-refractivity contribution >= 4 is 33.1 Å². The number of thiophene rings is 1. The van der Waals surface area contributed by atoms with Crippen LogP contribution in [0.1, 0.15) is 20.9 Å². The highest BCUT2D eigenvalue weighted by Gasteiger charge is 2.23. The van der Waals surface area contributed by atoms with Crippen molar-refractivity contribution in [3.05, 3.63) is 64.9 Å². The van der Waals surface area contributed by atoms with E-state index in [9.17, 15) is 4.79 Å². The molecule has 4 rings (SSSR count). The van der Waals surface area contributed by atoms with E-state index in [1.807, 2.05) is 56.3 Å². The van der Waals surface area contributed by atoms with Gasteiger partial charge in [-0.1, -0.05) is 18.2 Å². The van der Waals surface area contributed by atoms with Crippen LogP contribution in [0.25, 0.3) is 21.8 Å². The second-order valence-electron chi connectivity index (χ2n) is 6.05. The van der Waals surface area contributed by atoms with Crippen molar-refractivity contribution < 1.29 is 9.21 Å². The predicted molar refractivity (Wildman–Crippen MR) is 104 cm³/mol. The zero-order chi connectivity index (χ0) is 18.3. The van der Waals surface area contributed by atoms with Crippen molar-refractivity contribution in [1.29, 1.82) is 0 Å². The lowest BCUT2D eigenvalue weighted by atomic mass is 10.1. The van der Waals surface area contributed by atoms with Crippen molar-refractivity contribution in [2.75, 3.05) is 11.9 Å². The van der Waals surface area contributed by atoms with Crippen LogP contribution in [0.3, 0.4) is 0 Å². The molecule has 0 aliphatic heterocycles. The Hall–Kier alpha value is -2.99. The van der Waals surface area contributed by atoms with Crippen molar-refractivity contribution in [3.8, 4) is 11.6 Å². The predicted octanol–water partition coefficient (Wildman–Crippen LogP) is 4.84. The zero-order valence-corrected chi connectivity index (χ0v) is 15.5. The van der Waals surface area contributed by atoms with Crippen LogP contribution in [0.5, 0.6) is 0 Å². The molecule has 4 aromatic rings. The van der Waals surface area contributed by atoms with Crippen molar-refractivity contribution in [3.63, 3.8) is 0 Å². The number of hydrogen-bond donors (Lipinski definition) is 0. The number of carbonyl (C=O) groups excluding carboxylic acids is 1. The number of amides is 1. The summed E-state index contributed by atoms with van der Waals surface area (Å²) >= 11 is 1.40. The van der Waals surface area contributed by atoms with Gasteiger partial charge in [-0.05, 0) is 43.7 Å². The van der Waals surface area contributed by atoms with Crippen LogP contribution in [0.15, 0.2) is 53.1 Å². The Bertz CT molecular complexity index is 1090. The third-order valence-electron chi connectivity index (χ3n) is 4.35. The molecule has 0 unspecified atom stereocenters. The van der Waals surface area contributed by atoms with Crippen LogP contribution in [-0.4, -0.2) is 22.9 Å². The van der Waals surface area contributed by atoms with Crippen LogP contribution in [0, 0.1) is 13.8 Å². The lowest BCUT2D eigenvalue weighted by Crippen LogP contribution is -2.25. The van der Waals surface area contributed by atoms with Gasteiger partial charge in [0.05, 0.1) is 16.8 Å². The Morgan fingerprint density at radius 3 is 2.54 bits per heavy atom. The quantitative estimate of drug-likeness (QED) is 0.522. The molecule has 0 bridgehead atoms. The number of carbonyl (C=O) groups is 1. The van der Waals surface area contributed by atoms with E-state index in [2.05, 4.69) is 9.97 Å². The molecule has 0 fully saturated rings. The molecule has 0 spiro atoms. The second-order valence-corrected chi connectivity index (χ2v) is 7.05. The highest BCUT2D eigenvalue weighted by Crippen LogP contribution is 2.34. The maximum Gasteiger partial charge on any atom is 0.268 e. The first-order valence-corrected chi connectivity index (χ1v) is 9.02. The molecule has 0 aliphatic carbocycles. The summed E-state index contributed by atoms with van der Waals surface area (Å²) in [7, 11) is 1.79. The molecule has 0 saturated carbocycles. The molecule has 130 valence electrons. The summed E-state index contributed by atoms with van der Waals surface area (Å²) in [5.41, 5.74) is 2.62. The molecule has 0 N–H and O–H groups in total. The summed E-state index contributed by atoms with van der Waals surface area (Å²) in [5, 5.41) is 0.940. The van der Waals surface area contributed by atoms with E-state index >= 15 is 0 Å². The first-order chi connectivity index (χ1) is 12.6. The Kier molecular flexibility index (Phi) is 4.05. The third kappa shape index (κ3) is 2.68. The second kappa shape index (κ2) is 6.38. The van der Waals surface area contributed by atoms with Crippen molar-refractivity contribution in [2.24, 2.45) is 0 Å². The average molecular weight is 363 g/mol. The number of nitrogens with zero attached hydrogens (tertiary/aromatic N) is 3. The van der Waals surface area contributed by atoms with Gasteiger partial charge in [-0.25, -0.2) is 9.97 Å². The van der Waals surface area contributed by atoms with Gasteiger partial charge in [-0.2, -0.15) is 0 Å². The van der Waals surface area contributed by atoms with Gasteiger partial charge in [0.25, 0.3) is 5.91 Å². The number of para-hydroxylation sites is 1. The van der Waals surface area contributed by atoms with Gasteiger partial charge in [0.2, 0.25) is 0 Å². The minimum atomic E-state index is -0.0457. The molecule has 0 saturated heterocycles. The van der Waals surface area contributed by atoms with Crippen LogP contribution in [0.4, 0.5) is 5.69 Å². The maximum atomic E-state index is 13.0. The standard InChI is InChI=1S/C20H17N3O2S/c1-12-16-13(2)21-18(15-10-7-11-25-15)22-19(16)26-17(12)20(24)23(3)14-8-5-4-6-9-14/h4-11H,1-3H3. The third-order valence-corrected chi connectivity index (χ3v) is 5.53. The molecule has 6 heteroatoms. The summed E-state index contributed by atoms with van der Waals surface area (Å²) in [6, 6.07) is 13.2. The number of fused-ring (bicyclic) bond motifs is 1. The summed E-state index contributed by atoms with van der Waals surface area (Å²) in [6.45, 7) is 3.89. The number of aryl methyl sites for hydroxylation is 2. The molecular weight excluding hydrogens is 346 g/mol. The van der Waals surface area contributed by atoms with Crippen molar-refractivity contribution in [1.82, 2.24) is 9.97 Å². The average Bonchev–Trinajstić information content (AvgIpc) is 3.30. The van der Waals surface area contributed by atoms with Gasteiger partial charge in [0, 0.05) is 18.1 Å². The summed E-state index contributed by atoms with van der Waals surface area (Å²) in [5.74, 6) is 1.11. The highest BCUT2D eigenvalue weighted by molar-refractivity contribution is 7.20. The number of furan rings is 1. The molecular formula is C20H17N3O2S. The fourth-order valence-corrected chi connectivity index (χ4v) is 4.19. The number of aromatic nitrogens is 2. The molecule has 26 heavy (non-hydrogen) atoms. The topological polar surface area (TPSA) is 59.2 Å². The number of anilines is 1. The summed E-state index contributed by atoms with van der Waals surface area (Å²) < 4.78 is 5.41. The van der Waals surface area contributed by atoms with E-state index in [1.165, 1.54) is 11.3 Å². The Morgan fingerprint density at radius 2 is 1.85 bits per heavy atom. The Labute approximate surface area is 154 Å². The van der Waals surface area contributed by atoms with Gasteiger partial charge >= 0.3 is 0 Å². The monoisotopic (exact) mass is 363 g/mol. The van der Waals surface area contributed by atoms with Gasteiger partial charge < -0.3 is 9.32 Å². The minimum Gasteiger partial charge on any atom is -0.461 e. The van der Waals surface area contributed by atoms with E-state index in [1.54, 1.807) is 18.2 Å². The fraction of sp³-hybridized carbons (Fsp3) is 0.150. The largest absolute Gasteiger partial charge is 0.461 e. The molecule has 1 amide bonds. The van der Waals surface area contributed by atoms with E-state index in [4.69, 9.17) is 4.42 Å². The first kappa shape index (κ1) is 16.5. The zero-order valence-electron chi connectivity index (χ0n) is 14.7. The SMILES string of the molecule is Cc1nc(-c2ccco2)nc2sc(C(=O)N(C)c3ccccc3)c(C)c12. The van der Waals surface area contributed by atoms with E-state index in [0.29, 0.717) is 16.5 Å². The fourth-order valence-electron chi connectivity index (χ4n) is 2.98. The van der Waals surface area contributed by atoms with Gasteiger partial charge in [-0.3, -0.25) is 4.79 Å². The van der Waals surface area contributed by atoms with Gasteiger partial charge in [0.15, 0.2) is 11.6 Å². The molecule has 5 nitrogen and oxygen atoms in total. The maximum absolute atomic E-state index is 13.0. The Balaban J connectivity index is 1.80. The van der Waals surface area contributed by atoms with E-state index in [-0.39, 0.29) is 5.91 Å². The molecule has 3 heterocycles. The minimum absolute atomic E-state index is 0.0457. The number of hydrogen-bond acceptors (Lipinski definition) is 5. The van der Waals surface area contributed by atoms with E-state index < -0.39 is 0 Å². The molecule has 0 aliphatic rings. The highest BCUT2D eigenvalue weighted by atomic mass is 32.1. The lowest BCUT2D eigenvalue weighted by Gasteiger charge is -2.16. The first-order valence-electron chi connectivity index (χ1n) is 8.21. The Morgan fingerprint density at radius 1 is 1.08 bits per heavy atom. The molecule has 0 radical (unpaired) electrons. The number of benzene rings is 1. The van der Waals surface area contributed by atoms with Crippen LogP contribution in [-0.2, 0) is 0 Å². The molecule has 3 aromatic heterocycles.